The van der Waals surface area contributed by atoms with Crippen LogP contribution in [0.3, 0.4) is 0 Å². The minimum atomic E-state index is -0.249. The maximum absolute atomic E-state index is 4.50. The monoisotopic (exact) mass is 721 g/mol. The molecule has 0 saturated carbocycles. The fourth-order valence-corrected chi connectivity index (χ4v) is 9.87. The van der Waals surface area contributed by atoms with E-state index in [1.54, 1.807) is 0 Å². The first-order chi connectivity index (χ1) is 27.5. The number of hydrogen-bond donors (Lipinski definition) is 1. The van der Waals surface area contributed by atoms with Gasteiger partial charge in [-0.25, -0.2) is 0 Å². The second-order valence-corrected chi connectivity index (χ2v) is 15.7. The molecule has 1 nitrogen and oxygen atoms in total. The van der Waals surface area contributed by atoms with Gasteiger partial charge in [-0.15, -0.1) is 0 Å². The molecule has 1 spiro atoms. The molecule has 0 fully saturated rings. The van der Waals surface area contributed by atoms with Crippen molar-refractivity contribution >= 4 is 32.3 Å². The quantitative estimate of drug-likeness (QED) is 0.177. The van der Waals surface area contributed by atoms with Crippen LogP contribution in [0.1, 0.15) is 63.9 Å². The summed E-state index contributed by atoms with van der Waals surface area (Å²) in [5.74, 6) is 0. The average molecular weight is 722 g/mol. The van der Waals surface area contributed by atoms with E-state index < -0.39 is 0 Å². The van der Waals surface area contributed by atoms with E-state index in [2.05, 4.69) is 215 Å². The van der Waals surface area contributed by atoms with Crippen LogP contribution in [0.2, 0.25) is 0 Å². The summed E-state index contributed by atoms with van der Waals surface area (Å²) in [5.41, 5.74) is 19.6. The SMILES string of the molecule is CN.Cc1ccc2c(c1)C1(c3ccccc3-2)c2ccccc2C(C)(C)c2ccccc21.c1ccc(Cc2ccc3c4ccccc4c4ccccc4c3c2)cc1. The second kappa shape index (κ2) is 14.1. The van der Waals surface area contributed by atoms with E-state index in [0.717, 1.165) is 6.42 Å². The highest BCUT2D eigenvalue weighted by Crippen LogP contribution is 2.62. The van der Waals surface area contributed by atoms with Gasteiger partial charge in [-0.3, -0.25) is 0 Å². The highest BCUT2D eigenvalue weighted by molar-refractivity contribution is 6.25. The van der Waals surface area contributed by atoms with Gasteiger partial charge in [-0.2, -0.15) is 0 Å². The van der Waals surface area contributed by atoms with Crippen molar-refractivity contribution in [2.45, 2.75) is 38.0 Å². The molecular weight excluding hydrogens is 675 g/mol. The van der Waals surface area contributed by atoms with Crippen LogP contribution in [-0.2, 0) is 17.3 Å². The second-order valence-electron chi connectivity index (χ2n) is 15.7. The Morgan fingerprint density at radius 1 is 0.357 bits per heavy atom. The molecule has 2 N–H and O–H groups in total. The lowest BCUT2D eigenvalue weighted by atomic mass is 9.55. The molecule has 0 aliphatic heterocycles. The van der Waals surface area contributed by atoms with Crippen LogP contribution in [0.15, 0.2) is 188 Å². The third-order valence-corrected chi connectivity index (χ3v) is 12.3. The highest BCUT2D eigenvalue weighted by Gasteiger charge is 2.53. The standard InChI is InChI=1S/C29H24.C25H18.CH5N/c1-19-16-17-21-20-10-4-5-11-22(20)29(27(21)18-19)25-14-8-6-12-23(25)28(2,3)24-13-7-9-15-26(24)29;1-2-8-18(9-3-1)16-19-14-15-24-22-12-5-4-10-20(22)21-11-6-7-13-23(21)25(24)17-19;1-2/h4-18H,1-3H3;1-15,17H,16H2;2H2,1H3. The first-order valence-electron chi connectivity index (χ1n) is 19.8. The molecule has 0 heterocycles. The van der Waals surface area contributed by atoms with Gasteiger partial charge in [0.2, 0.25) is 0 Å². The summed E-state index contributed by atoms with van der Waals surface area (Å²) in [4.78, 5) is 0. The van der Waals surface area contributed by atoms with Gasteiger partial charge in [0.25, 0.3) is 0 Å². The molecule has 11 rings (SSSR count). The molecular formula is C55H47N. The van der Waals surface area contributed by atoms with E-state index >= 15 is 0 Å². The largest absolute Gasteiger partial charge is 0.333 e. The van der Waals surface area contributed by atoms with E-state index in [4.69, 9.17) is 0 Å². The third-order valence-electron chi connectivity index (χ3n) is 12.3. The summed E-state index contributed by atoms with van der Waals surface area (Å²) in [6.07, 6.45) is 0.970. The molecule has 0 amide bonds. The molecule has 0 aromatic heterocycles. The zero-order valence-corrected chi connectivity index (χ0v) is 32.7. The maximum Gasteiger partial charge on any atom is 0.0719 e. The lowest BCUT2D eigenvalue weighted by molar-refractivity contribution is 0.563. The molecule has 2 aliphatic carbocycles. The van der Waals surface area contributed by atoms with E-state index in [0.29, 0.717) is 0 Å². The molecule has 9 aromatic carbocycles. The van der Waals surface area contributed by atoms with Crippen LogP contribution in [0, 0.1) is 6.92 Å². The van der Waals surface area contributed by atoms with Crippen molar-refractivity contribution in [3.05, 3.63) is 238 Å². The van der Waals surface area contributed by atoms with E-state index in [1.165, 1.54) is 101 Å². The molecule has 272 valence electrons. The van der Waals surface area contributed by atoms with Gasteiger partial charge in [0.15, 0.2) is 0 Å². The van der Waals surface area contributed by atoms with Gasteiger partial charge >= 0.3 is 0 Å². The minimum Gasteiger partial charge on any atom is -0.333 e. The first kappa shape index (κ1) is 35.4. The third kappa shape index (κ3) is 5.41. The zero-order valence-electron chi connectivity index (χ0n) is 32.7. The fraction of sp³-hybridized carbons (Fsp3) is 0.127. The number of benzene rings is 9. The van der Waals surface area contributed by atoms with E-state index in [9.17, 15) is 0 Å². The molecule has 2 aliphatic rings. The Bertz CT molecular complexity index is 2810. The molecule has 0 radical (unpaired) electrons. The molecule has 1 heteroatoms. The van der Waals surface area contributed by atoms with Crippen LogP contribution < -0.4 is 5.73 Å². The smallest absolute Gasteiger partial charge is 0.0719 e. The fourth-order valence-electron chi connectivity index (χ4n) is 9.87. The lowest BCUT2D eigenvalue weighted by Gasteiger charge is -2.46. The van der Waals surface area contributed by atoms with Gasteiger partial charge in [0.1, 0.15) is 0 Å². The van der Waals surface area contributed by atoms with Gasteiger partial charge < -0.3 is 5.73 Å². The average Bonchev–Trinajstić information content (AvgIpc) is 3.54. The number of nitrogens with two attached hydrogens (primary N) is 1. The summed E-state index contributed by atoms with van der Waals surface area (Å²) in [6, 6.07) is 69.3. The summed E-state index contributed by atoms with van der Waals surface area (Å²) in [5, 5.41) is 8.03. The molecule has 0 atom stereocenters. The van der Waals surface area contributed by atoms with Crippen molar-refractivity contribution in [3.8, 4) is 11.1 Å². The van der Waals surface area contributed by atoms with Crippen molar-refractivity contribution < 1.29 is 0 Å². The Morgan fingerprint density at radius 2 is 0.804 bits per heavy atom. The number of hydrogen-bond acceptors (Lipinski definition) is 1. The van der Waals surface area contributed by atoms with E-state index in [1.807, 2.05) is 0 Å². The topological polar surface area (TPSA) is 26.0 Å². The summed E-state index contributed by atoms with van der Waals surface area (Å²) in [7, 11) is 1.50. The molecule has 0 saturated heterocycles. The van der Waals surface area contributed by atoms with Crippen molar-refractivity contribution in [1.82, 2.24) is 0 Å². The number of rotatable bonds is 2. The van der Waals surface area contributed by atoms with E-state index in [-0.39, 0.29) is 10.8 Å². The Labute approximate surface area is 331 Å². The van der Waals surface area contributed by atoms with Gasteiger partial charge in [-0.1, -0.05) is 207 Å². The molecule has 9 aromatic rings. The van der Waals surface area contributed by atoms with Gasteiger partial charge in [0.05, 0.1) is 5.41 Å². The summed E-state index contributed by atoms with van der Waals surface area (Å²) < 4.78 is 0. The molecule has 0 bridgehead atoms. The van der Waals surface area contributed by atoms with Gasteiger partial charge in [0, 0.05) is 5.41 Å². The van der Waals surface area contributed by atoms with Crippen LogP contribution >= 0.6 is 0 Å². The lowest BCUT2D eigenvalue weighted by Crippen LogP contribution is -2.40. The predicted octanol–water partition coefficient (Wildman–Crippen LogP) is 13.3. The van der Waals surface area contributed by atoms with Crippen LogP contribution in [-0.4, -0.2) is 7.05 Å². The van der Waals surface area contributed by atoms with Crippen molar-refractivity contribution in [1.29, 1.82) is 0 Å². The molecule has 0 unspecified atom stereocenters. The van der Waals surface area contributed by atoms with Crippen LogP contribution in [0.4, 0.5) is 0 Å². The number of fused-ring (bicyclic) bond motifs is 15. The van der Waals surface area contributed by atoms with Crippen molar-refractivity contribution in [3.63, 3.8) is 0 Å². The van der Waals surface area contributed by atoms with Crippen molar-refractivity contribution in [2.24, 2.45) is 5.73 Å². The van der Waals surface area contributed by atoms with Crippen molar-refractivity contribution in [2.75, 3.05) is 7.05 Å². The molecule has 56 heavy (non-hydrogen) atoms. The Morgan fingerprint density at radius 3 is 1.39 bits per heavy atom. The minimum absolute atomic E-state index is 0.0278. The summed E-state index contributed by atoms with van der Waals surface area (Å²) >= 11 is 0. The van der Waals surface area contributed by atoms with Crippen LogP contribution in [0.5, 0.6) is 0 Å². The van der Waals surface area contributed by atoms with Crippen LogP contribution in [0.25, 0.3) is 43.4 Å². The predicted molar refractivity (Wildman–Crippen MR) is 239 cm³/mol. The zero-order chi connectivity index (χ0) is 38.4. The normalized spacial score (nSPS) is 13.8. The summed E-state index contributed by atoms with van der Waals surface area (Å²) in [6.45, 7) is 6.95. The number of aryl methyl sites for hydroxylation is 1. The first-order valence-corrected chi connectivity index (χ1v) is 19.8. The Balaban J connectivity index is 0.000000142. The highest BCUT2D eigenvalue weighted by atomic mass is 14.5. The Hall–Kier alpha value is -6.28. The van der Waals surface area contributed by atoms with Gasteiger partial charge in [-0.05, 0) is 108 Å². The maximum atomic E-state index is 4.50. The Kier molecular flexibility index (Phi) is 8.92.